The highest BCUT2D eigenvalue weighted by molar-refractivity contribution is 6.43. The molecule has 2 aromatic carbocycles. The van der Waals surface area contributed by atoms with Crippen molar-refractivity contribution in [1.29, 1.82) is 0 Å². The lowest BCUT2D eigenvalue weighted by Gasteiger charge is -2.12. The third-order valence-corrected chi connectivity index (χ3v) is 13.4. The van der Waals surface area contributed by atoms with E-state index >= 15 is 0 Å². The zero-order chi connectivity index (χ0) is 44.2. The molecule has 0 heterocycles. The molecule has 0 amide bonds. The van der Waals surface area contributed by atoms with Gasteiger partial charge in [0.2, 0.25) is 0 Å². The van der Waals surface area contributed by atoms with Crippen LogP contribution in [0.15, 0.2) is 58.5 Å². The van der Waals surface area contributed by atoms with Gasteiger partial charge in [-0.2, -0.15) is 0 Å². The predicted molar refractivity (Wildman–Crippen MR) is 282 cm³/mol. The molecule has 2 rings (SSSR count). The smallest absolute Gasteiger partial charge is 0.0633 e. The van der Waals surface area contributed by atoms with Gasteiger partial charge in [-0.25, -0.2) is 0 Å². The van der Waals surface area contributed by atoms with Gasteiger partial charge in [0.05, 0.1) is 22.8 Å². The molecule has 0 aromatic heterocycles. The van der Waals surface area contributed by atoms with Crippen LogP contribution in [0.3, 0.4) is 0 Å². The minimum absolute atomic E-state index is 1.00. The van der Waals surface area contributed by atoms with E-state index < -0.39 is 0 Å². The first-order valence-electron chi connectivity index (χ1n) is 28.0. The Balaban J connectivity index is 1.81. The lowest BCUT2D eigenvalue weighted by Crippen LogP contribution is -2.14. The SMILES string of the molecule is CCCCCCCCCCCCCCCCCc1ccc(N=C(CCCC)C(CCCCCCCC)=Nc2ccc(CCCCCCCCCCCCCCCCC)cc2)cc1. The summed E-state index contributed by atoms with van der Waals surface area (Å²) < 4.78 is 0. The number of hydrogen-bond donors (Lipinski definition) is 0. The molecule has 62 heavy (non-hydrogen) atoms. The van der Waals surface area contributed by atoms with E-state index in [0.29, 0.717) is 0 Å². The molecule has 2 heteroatoms. The molecule has 354 valence electrons. The van der Waals surface area contributed by atoms with Gasteiger partial charge in [-0.05, 0) is 86.8 Å². The van der Waals surface area contributed by atoms with E-state index in [1.807, 2.05) is 0 Å². The van der Waals surface area contributed by atoms with E-state index in [2.05, 4.69) is 76.2 Å². The van der Waals surface area contributed by atoms with Crippen molar-refractivity contribution < 1.29 is 0 Å². The van der Waals surface area contributed by atoms with Crippen molar-refractivity contribution in [2.75, 3.05) is 0 Å². The summed E-state index contributed by atoms with van der Waals surface area (Å²) in [6, 6.07) is 18.4. The van der Waals surface area contributed by atoms with Gasteiger partial charge in [0.1, 0.15) is 0 Å². The Bertz CT molecular complexity index is 1290. The summed E-state index contributed by atoms with van der Waals surface area (Å²) in [5.74, 6) is 0. The highest BCUT2D eigenvalue weighted by Gasteiger charge is 2.11. The van der Waals surface area contributed by atoms with Gasteiger partial charge in [-0.1, -0.05) is 270 Å². The van der Waals surface area contributed by atoms with Crippen molar-refractivity contribution >= 4 is 22.8 Å². The van der Waals surface area contributed by atoms with E-state index in [0.717, 1.165) is 30.6 Å². The number of benzene rings is 2. The second-order valence-corrected chi connectivity index (χ2v) is 19.5. The molecule has 2 nitrogen and oxygen atoms in total. The number of aryl methyl sites for hydroxylation is 2. The summed E-state index contributed by atoms with van der Waals surface area (Å²) in [7, 11) is 0. The molecule has 0 atom stereocenters. The first kappa shape index (κ1) is 55.9. The first-order chi connectivity index (χ1) is 30.7. The van der Waals surface area contributed by atoms with Gasteiger partial charge in [0, 0.05) is 0 Å². The lowest BCUT2D eigenvalue weighted by atomic mass is 10.0. The maximum atomic E-state index is 5.37. The lowest BCUT2D eigenvalue weighted by molar-refractivity contribution is 0.532. The molecule has 0 saturated carbocycles. The van der Waals surface area contributed by atoms with Crippen LogP contribution in [-0.4, -0.2) is 11.4 Å². The van der Waals surface area contributed by atoms with Crippen molar-refractivity contribution in [3.63, 3.8) is 0 Å². The highest BCUT2D eigenvalue weighted by atomic mass is 14.8. The van der Waals surface area contributed by atoms with E-state index in [-0.39, 0.29) is 0 Å². The second-order valence-electron chi connectivity index (χ2n) is 19.5. The predicted octanol–water partition coefficient (Wildman–Crippen LogP) is 21.3. The van der Waals surface area contributed by atoms with Crippen molar-refractivity contribution in [2.45, 2.75) is 297 Å². The molecular weight excluding hydrogens is 749 g/mol. The monoisotopic (exact) mass is 853 g/mol. The van der Waals surface area contributed by atoms with Crippen LogP contribution in [-0.2, 0) is 12.8 Å². The number of aliphatic imine (C=N–C) groups is 2. The average molecular weight is 854 g/mol. The third-order valence-electron chi connectivity index (χ3n) is 13.4. The zero-order valence-corrected chi connectivity index (χ0v) is 42.2. The standard InChI is InChI=1S/C60H104N2/c1-5-9-13-16-19-21-23-25-27-29-31-33-35-37-40-43-55-47-51-57(52-48-55)61-59(45-12-8-4)60(46-42-39-18-15-11-7-3)62-58-53-49-56(50-54-58)44-41-38-36-34-32-30-28-26-24-22-20-17-14-10-6-2/h47-54H,5-46H2,1-4H3. The summed E-state index contributed by atoms with van der Waals surface area (Å²) >= 11 is 0. The number of unbranched alkanes of at least 4 members (excludes halogenated alkanes) is 34. The fourth-order valence-electron chi connectivity index (χ4n) is 9.13. The Labute approximate surface area is 388 Å². The molecule has 0 unspecified atom stereocenters. The van der Waals surface area contributed by atoms with Gasteiger partial charge in [0.25, 0.3) is 0 Å². The summed E-state index contributed by atoms with van der Waals surface area (Å²) in [5, 5.41) is 0. The van der Waals surface area contributed by atoms with Crippen LogP contribution in [0.5, 0.6) is 0 Å². The molecule has 0 aliphatic carbocycles. The minimum atomic E-state index is 1.00. The van der Waals surface area contributed by atoms with E-state index in [4.69, 9.17) is 9.98 Å². The molecule has 0 fully saturated rings. The van der Waals surface area contributed by atoms with Gasteiger partial charge < -0.3 is 0 Å². The van der Waals surface area contributed by atoms with Crippen LogP contribution in [0.1, 0.15) is 296 Å². The van der Waals surface area contributed by atoms with Gasteiger partial charge in [0.15, 0.2) is 0 Å². The Morgan fingerprint density at radius 3 is 0.758 bits per heavy atom. The summed E-state index contributed by atoms with van der Waals surface area (Å²) in [6.45, 7) is 9.22. The summed E-state index contributed by atoms with van der Waals surface area (Å²) in [5.41, 5.74) is 7.52. The summed E-state index contributed by atoms with van der Waals surface area (Å²) in [6.07, 6.45) is 57.1. The first-order valence-corrected chi connectivity index (χ1v) is 28.0. The molecule has 2 aromatic rings. The van der Waals surface area contributed by atoms with Crippen molar-refractivity contribution in [3.05, 3.63) is 59.7 Å². The molecule has 0 aliphatic rings. The second kappa shape index (κ2) is 42.7. The average Bonchev–Trinajstić information content (AvgIpc) is 3.29. The van der Waals surface area contributed by atoms with Crippen molar-refractivity contribution in [2.24, 2.45) is 9.98 Å². The molecule has 0 saturated heterocycles. The maximum absolute atomic E-state index is 5.37. The number of hydrogen-bond acceptors (Lipinski definition) is 2. The normalized spacial score (nSPS) is 12.2. The van der Waals surface area contributed by atoms with Crippen LogP contribution < -0.4 is 0 Å². The molecule has 0 spiro atoms. The van der Waals surface area contributed by atoms with Crippen LogP contribution in [0.25, 0.3) is 0 Å². The van der Waals surface area contributed by atoms with Crippen LogP contribution in [0.2, 0.25) is 0 Å². The maximum Gasteiger partial charge on any atom is 0.0633 e. The van der Waals surface area contributed by atoms with Gasteiger partial charge in [-0.3, -0.25) is 9.98 Å². The van der Waals surface area contributed by atoms with E-state index in [9.17, 15) is 0 Å². The van der Waals surface area contributed by atoms with E-state index in [1.165, 1.54) is 273 Å². The van der Waals surface area contributed by atoms with Crippen LogP contribution in [0, 0.1) is 0 Å². The number of nitrogens with zero attached hydrogens (tertiary/aromatic N) is 2. The van der Waals surface area contributed by atoms with Crippen LogP contribution >= 0.6 is 0 Å². The molecule has 0 radical (unpaired) electrons. The van der Waals surface area contributed by atoms with Gasteiger partial charge >= 0.3 is 0 Å². The Kier molecular flexibility index (Phi) is 38.5. The number of rotatable bonds is 45. The van der Waals surface area contributed by atoms with E-state index in [1.54, 1.807) is 0 Å². The fraction of sp³-hybridized carbons (Fsp3) is 0.767. The molecule has 0 aliphatic heterocycles. The van der Waals surface area contributed by atoms with Crippen molar-refractivity contribution in [3.8, 4) is 0 Å². The molecular formula is C60H104N2. The highest BCUT2D eigenvalue weighted by Crippen LogP contribution is 2.23. The fourth-order valence-corrected chi connectivity index (χ4v) is 9.13. The zero-order valence-electron chi connectivity index (χ0n) is 42.2. The molecule has 0 N–H and O–H groups in total. The topological polar surface area (TPSA) is 24.7 Å². The molecule has 0 bridgehead atoms. The largest absolute Gasteiger partial charge is 0.252 e. The Hall–Kier alpha value is -2.22. The van der Waals surface area contributed by atoms with Gasteiger partial charge in [-0.15, -0.1) is 0 Å². The quantitative estimate of drug-likeness (QED) is 0.0468. The third kappa shape index (κ3) is 32.4. The Morgan fingerprint density at radius 2 is 0.484 bits per heavy atom. The minimum Gasteiger partial charge on any atom is -0.252 e. The summed E-state index contributed by atoms with van der Waals surface area (Å²) in [4.78, 5) is 10.7. The Morgan fingerprint density at radius 1 is 0.258 bits per heavy atom. The van der Waals surface area contributed by atoms with Crippen LogP contribution in [0.4, 0.5) is 11.4 Å². The van der Waals surface area contributed by atoms with Crippen molar-refractivity contribution in [1.82, 2.24) is 0 Å².